The van der Waals surface area contributed by atoms with E-state index in [0.717, 1.165) is 50.7 Å². The van der Waals surface area contributed by atoms with Crippen LogP contribution in [0.3, 0.4) is 0 Å². The Labute approximate surface area is 141 Å². The summed E-state index contributed by atoms with van der Waals surface area (Å²) in [6.07, 6.45) is 5.04. The second kappa shape index (κ2) is 9.18. The number of aromatic nitrogens is 2. The summed E-state index contributed by atoms with van der Waals surface area (Å²) in [7, 11) is 1.00. The molecule has 1 fully saturated rings. The second-order valence-electron chi connectivity index (χ2n) is 7.54. The Balaban J connectivity index is 0.00000127. The molecule has 5 nitrogen and oxygen atoms in total. The molecule has 132 valence electrons. The van der Waals surface area contributed by atoms with Crippen LogP contribution in [0, 0.1) is 18.3 Å². The van der Waals surface area contributed by atoms with E-state index in [9.17, 15) is 0 Å². The van der Waals surface area contributed by atoms with Gasteiger partial charge in [-0.1, -0.05) is 27.7 Å². The third kappa shape index (κ3) is 6.83. The molecule has 1 aliphatic heterocycles. The number of nitrogens with zero attached hydrogens (tertiary/aromatic N) is 4. The molecular weight excluding hydrogens is 288 g/mol. The zero-order chi connectivity index (χ0) is 17.5. The van der Waals surface area contributed by atoms with Gasteiger partial charge in [0.25, 0.3) is 0 Å². The molecule has 1 aliphatic rings. The van der Waals surface area contributed by atoms with E-state index in [1.807, 2.05) is 19.3 Å². The molecule has 0 aromatic carbocycles. The van der Waals surface area contributed by atoms with Crippen molar-refractivity contribution in [1.82, 2.24) is 14.9 Å². The van der Waals surface area contributed by atoms with E-state index < -0.39 is 0 Å². The molecule has 0 amide bonds. The van der Waals surface area contributed by atoms with Crippen molar-refractivity contribution in [3.8, 4) is 0 Å². The summed E-state index contributed by atoms with van der Waals surface area (Å²) in [6.45, 7) is 16.9. The zero-order valence-electron chi connectivity index (χ0n) is 15.7. The highest BCUT2D eigenvalue weighted by molar-refractivity contribution is 5.36. The maximum Gasteiger partial charge on any atom is 0.147 e. The Hall–Kier alpha value is -1.20. The van der Waals surface area contributed by atoms with Crippen molar-refractivity contribution in [1.29, 1.82) is 0 Å². The van der Waals surface area contributed by atoms with Crippen molar-refractivity contribution in [2.75, 3.05) is 44.7 Å². The van der Waals surface area contributed by atoms with Gasteiger partial charge in [0.05, 0.1) is 18.1 Å². The molecule has 0 radical (unpaired) electrons. The van der Waals surface area contributed by atoms with Gasteiger partial charge in [-0.25, -0.2) is 4.98 Å². The average Bonchev–Trinajstić information content (AvgIpc) is 2.49. The van der Waals surface area contributed by atoms with E-state index in [1.54, 1.807) is 0 Å². The smallest absolute Gasteiger partial charge is 0.147 e. The van der Waals surface area contributed by atoms with E-state index in [4.69, 9.17) is 5.11 Å². The predicted molar refractivity (Wildman–Crippen MR) is 96.8 cm³/mol. The van der Waals surface area contributed by atoms with Gasteiger partial charge >= 0.3 is 0 Å². The first-order chi connectivity index (χ1) is 10.9. The largest absolute Gasteiger partial charge is 0.400 e. The van der Waals surface area contributed by atoms with E-state index in [-0.39, 0.29) is 0 Å². The minimum Gasteiger partial charge on any atom is -0.400 e. The highest BCUT2D eigenvalue weighted by atomic mass is 16.2. The Morgan fingerprint density at radius 1 is 1.09 bits per heavy atom. The lowest BCUT2D eigenvalue weighted by Gasteiger charge is -2.39. The van der Waals surface area contributed by atoms with Crippen LogP contribution >= 0.6 is 0 Å². The topological polar surface area (TPSA) is 52.5 Å². The van der Waals surface area contributed by atoms with Crippen LogP contribution in [0.1, 0.15) is 39.8 Å². The highest BCUT2D eigenvalue weighted by Gasteiger charge is 2.26. The Bertz CT molecular complexity index is 437. The Kier molecular flexibility index (Phi) is 7.92. The van der Waals surface area contributed by atoms with Crippen LogP contribution in [0.15, 0.2) is 12.4 Å². The first-order valence-electron chi connectivity index (χ1n) is 8.56. The van der Waals surface area contributed by atoms with Gasteiger partial charge in [-0.15, -0.1) is 0 Å². The third-order valence-corrected chi connectivity index (χ3v) is 4.08. The fraction of sp³-hybridized carbons (Fsp3) is 0.778. The number of piperazine rings is 1. The number of hydrogen-bond acceptors (Lipinski definition) is 5. The average molecular weight is 322 g/mol. The summed E-state index contributed by atoms with van der Waals surface area (Å²) in [5, 5.41) is 7.00. The highest BCUT2D eigenvalue weighted by Crippen LogP contribution is 2.27. The fourth-order valence-electron chi connectivity index (χ4n) is 3.46. The molecule has 0 unspecified atom stereocenters. The van der Waals surface area contributed by atoms with Gasteiger partial charge < -0.3 is 10.0 Å². The summed E-state index contributed by atoms with van der Waals surface area (Å²) < 4.78 is 0. The van der Waals surface area contributed by atoms with Crippen LogP contribution in [-0.2, 0) is 0 Å². The van der Waals surface area contributed by atoms with Gasteiger partial charge in [-0.2, -0.15) is 0 Å². The number of rotatable bonds is 5. The van der Waals surface area contributed by atoms with E-state index in [1.165, 1.54) is 13.0 Å². The fourth-order valence-corrected chi connectivity index (χ4v) is 3.46. The van der Waals surface area contributed by atoms with Gasteiger partial charge in [0.15, 0.2) is 0 Å². The predicted octanol–water partition coefficient (Wildman–Crippen LogP) is 2.59. The molecule has 0 bridgehead atoms. The molecule has 5 heteroatoms. The van der Waals surface area contributed by atoms with Gasteiger partial charge in [-0.3, -0.25) is 9.88 Å². The molecule has 2 rings (SSSR count). The van der Waals surface area contributed by atoms with Crippen molar-refractivity contribution >= 4 is 5.82 Å². The van der Waals surface area contributed by atoms with E-state index >= 15 is 0 Å². The SMILES string of the molecule is CO.Cc1cnc(N2CCN(CC(C)(C)CC(C)C)CC2)cn1. The van der Waals surface area contributed by atoms with Gasteiger partial charge in [0.2, 0.25) is 0 Å². The van der Waals surface area contributed by atoms with Crippen LogP contribution in [0.5, 0.6) is 0 Å². The molecule has 1 saturated heterocycles. The van der Waals surface area contributed by atoms with Crippen molar-refractivity contribution in [2.24, 2.45) is 11.3 Å². The molecule has 1 N–H and O–H groups in total. The molecule has 1 aromatic heterocycles. The van der Waals surface area contributed by atoms with Gasteiger partial charge in [0.1, 0.15) is 5.82 Å². The zero-order valence-corrected chi connectivity index (χ0v) is 15.7. The number of aryl methyl sites for hydroxylation is 1. The van der Waals surface area contributed by atoms with Crippen LogP contribution in [0.4, 0.5) is 5.82 Å². The first kappa shape index (κ1) is 19.8. The number of aliphatic hydroxyl groups is 1. The first-order valence-corrected chi connectivity index (χ1v) is 8.56. The summed E-state index contributed by atoms with van der Waals surface area (Å²) in [4.78, 5) is 13.8. The van der Waals surface area contributed by atoms with Crippen LogP contribution in [0.25, 0.3) is 0 Å². The molecule has 1 aromatic rings. The molecular formula is C18H34N4O. The normalized spacial score (nSPS) is 16.3. The number of anilines is 1. The van der Waals surface area contributed by atoms with E-state index in [0.29, 0.717) is 5.41 Å². The molecule has 0 saturated carbocycles. The lowest BCUT2D eigenvalue weighted by molar-refractivity contribution is 0.149. The standard InChI is InChI=1S/C17H30N4.CH4O/c1-14(2)10-17(4,5)13-20-6-8-21(9-7-20)16-12-18-15(3)11-19-16;1-2/h11-12,14H,6-10,13H2,1-5H3;2H,1H3. The Morgan fingerprint density at radius 2 is 1.70 bits per heavy atom. The van der Waals surface area contributed by atoms with Crippen LogP contribution in [-0.4, -0.2) is 59.8 Å². The van der Waals surface area contributed by atoms with Gasteiger partial charge in [0, 0.05) is 39.8 Å². The molecule has 0 atom stereocenters. The summed E-state index contributed by atoms with van der Waals surface area (Å²) >= 11 is 0. The van der Waals surface area contributed by atoms with Gasteiger partial charge in [-0.05, 0) is 24.7 Å². The van der Waals surface area contributed by atoms with Crippen molar-refractivity contribution < 1.29 is 5.11 Å². The number of hydrogen-bond donors (Lipinski definition) is 1. The summed E-state index contributed by atoms with van der Waals surface area (Å²) in [6, 6.07) is 0. The van der Waals surface area contributed by atoms with E-state index in [2.05, 4.69) is 47.5 Å². The third-order valence-electron chi connectivity index (χ3n) is 4.08. The second-order valence-corrected chi connectivity index (χ2v) is 7.54. The molecule has 0 aliphatic carbocycles. The summed E-state index contributed by atoms with van der Waals surface area (Å²) in [5.41, 5.74) is 1.38. The monoisotopic (exact) mass is 322 g/mol. The lowest BCUT2D eigenvalue weighted by Crippen LogP contribution is -2.49. The van der Waals surface area contributed by atoms with Crippen molar-refractivity contribution in [3.05, 3.63) is 18.1 Å². The molecule has 23 heavy (non-hydrogen) atoms. The molecule has 0 spiro atoms. The van der Waals surface area contributed by atoms with Crippen molar-refractivity contribution in [2.45, 2.75) is 41.0 Å². The number of aliphatic hydroxyl groups excluding tert-OH is 1. The maximum absolute atomic E-state index is 7.00. The lowest BCUT2D eigenvalue weighted by atomic mass is 9.83. The summed E-state index contributed by atoms with van der Waals surface area (Å²) in [5.74, 6) is 1.78. The quantitative estimate of drug-likeness (QED) is 0.903. The molecule has 2 heterocycles. The Morgan fingerprint density at radius 3 is 2.17 bits per heavy atom. The van der Waals surface area contributed by atoms with Crippen LogP contribution in [0.2, 0.25) is 0 Å². The maximum atomic E-state index is 7.00. The van der Waals surface area contributed by atoms with Crippen molar-refractivity contribution in [3.63, 3.8) is 0 Å². The minimum atomic E-state index is 0.403. The minimum absolute atomic E-state index is 0.403. The van der Waals surface area contributed by atoms with Crippen LogP contribution < -0.4 is 4.90 Å².